The number of hydrogen-bond acceptors (Lipinski definition) is 0. The second kappa shape index (κ2) is 30.0. The monoisotopic (exact) mass is 653 g/mol. The standard InChI is InChI=1S/C17H20.C10H14.C9H14.C8H16.2C2H6/c1-3-16-9-4-5-10-17(16)12-11-15-8-6-7-14(2)13-15;1-8(2)10-7-5-4-6-9(10)3;1-3-9-6-4-5-8(2)7-9;1-5-6-8(4)7(2)3;2*1-2/h4-10,13H,3,11-12H2,1-2H3;4-8H,1-3H3;6-7H,3-5H2,1-2H3;8H,2,5-6H2,1,3-4H3;2*1-2H3. The third kappa shape index (κ3) is 21.7. The maximum absolute atomic E-state index is 3.87. The van der Waals surface area contributed by atoms with E-state index in [0.29, 0.717) is 5.92 Å². The van der Waals surface area contributed by atoms with E-state index in [-0.39, 0.29) is 0 Å². The molecule has 268 valence electrons. The second-order valence-electron chi connectivity index (χ2n) is 12.8. The van der Waals surface area contributed by atoms with Gasteiger partial charge in [0, 0.05) is 0 Å². The summed E-state index contributed by atoms with van der Waals surface area (Å²) in [4.78, 5) is 0. The number of allylic oxidation sites excluding steroid dienone is 5. The first-order valence-electron chi connectivity index (χ1n) is 19.2. The minimum atomic E-state index is 0.654. The molecule has 1 aliphatic rings. The van der Waals surface area contributed by atoms with Gasteiger partial charge in [-0.25, -0.2) is 0 Å². The van der Waals surface area contributed by atoms with Crippen molar-refractivity contribution in [3.63, 3.8) is 0 Å². The molecule has 0 saturated carbocycles. The van der Waals surface area contributed by atoms with Crippen LogP contribution in [0.2, 0.25) is 0 Å². The molecule has 1 atom stereocenters. The smallest absolute Gasteiger partial charge is 0.0216 e. The summed E-state index contributed by atoms with van der Waals surface area (Å²) in [5.41, 5.74) is 13.0. The van der Waals surface area contributed by atoms with E-state index >= 15 is 0 Å². The Labute approximate surface area is 300 Å². The van der Waals surface area contributed by atoms with Crippen LogP contribution in [0.15, 0.2) is 108 Å². The lowest BCUT2D eigenvalue weighted by Crippen LogP contribution is -1.96. The van der Waals surface area contributed by atoms with Crippen LogP contribution in [0, 0.1) is 19.8 Å². The Kier molecular flexibility index (Phi) is 29.4. The molecule has 48 heavy (non-hydrogen) atoms. The fraction of sp³-hybridized carbons (Fsp3) is 0.500. The van der Waals surface area contributed by atoms with Crippen LogP contribution in [0.1, 0.15) is 154 Å². The molecular formula is C48H76. The van der Waals surface area contributed by atoms with E-state index in [0.717, 1.165) is 25.2 Å². The van der Waals surface area contributed by atoms with Crippen molar-refractivity contribution in [1.29, 1.82) is 0 Å². The fourth-order valence-corrected chi connectivity index (χ4v) is 5.39. The Morgan fingerprint density at radius 1 is 0.729 bits per heavy atom. The van der Waals surface area contributed by atoms with Crippen molar-refractivity contribution in [2.24, 2.45) is 5.92 Å². The van der Waals surface area contributed by atoms with E-state index in [4.69, 9.17) is 0 Å². The van der Waals surface area contributed by atoms with Crippen LogP contribution < -0.4 is 0 Å². The van der Waals surface area contributed by atoms with Crippen molar-refractivity contribution >= 4 is 0 Å². The summed E-state index contributed by atoms with van der Waals surface area (Å²) in [5.74, 6) is 1.38. The minimum Gasteiger partial charge on any atom is -0.0999 e. The van der Waals surface area contributed by atoms with E-state index in [9.17, 15) is 0 Å². The zero-order valence-electron chi connectivity index (χ0n) is 34.1. The van der Waals surface area contributed by atoms with Gasteiger partial charge >= 0.3 is 0 Å². The van der Waals surface area contributed by atoms with Gasteiger partial charge in [-0.15, -0.1) is 0 Å². The third-order valence-corrected chi connectivity index (χ3v) is 8.42. The first-order valence-corrected chi connectivity index (χ1v) is 19.2. The highest BCUT2D eigenvalue weighted by atomic mass is 14.1. The normalized spacial score (nSPS) is 11.9. The van der Waals surface area contributed by atoms with Crippen LogP contribution in [0.5, 0.6) is 0 Å². The number of rotatable bonds is 9. The molecule has 0 heteroatoms. The number of aryl methyl sites for hydroxylation is 5. The third-order valence-electron chi connectivity index (χ3n) is 8.42. The van der Waals surface area contributed by atoms with Gasteiger partial charge in [0.25, 0.3) is 0 Å². The molecular weight excluding hydrogens is 577 g/mol. The molecule has 0 heterocycles. The van der Waals surface area contributed by atoms with Gasteiger partial charge in [0.05, 0.1) is 0 Å². The molecule has 0 bridgehead atoms. The van der Waals surface area contributed by atoms with E-state index in [2.05, 4.69) is 161 Å². The van der Waals surface area contributed by atoms with Gasteiger partial charge in [0.1, 0.15) is 0 Å². The highest BCUT2D eigenvalue weighted by Crippen LogP contribution is 2.19. The highest BCUT2D eigenvalue weighted by molar-refractivity contribution is 5.30. The summed E-state index contributed by atoms with van der Waals surface area (Å²) in [6.07, 6.45) is 14.3. The lowest BCUT2D eigenvalue weighted by molar-refractivity contribution is 0.603. The summed E-state index contributed by atoms with van der Waals surface area (Å²) in [6.45, 7) is 33.8. The predicted molar refractivity (Wildman–Crippen MR) is 223 cm³/mol. The van der Waals surface area contributed by atoms with E-state index in [1.54, 1.807) is 0 Å². The van der Waals surface area contributed by atoms with E-state index < -0.39 is 0 Å². The molecule has 1 unspecified atom stereocenters. The van der Waals surface area contributed by atoms with Crippen molar-refractivity contribution in [2.45, 2.75) is 154 Å². The molecule has 0 amide bonds. The quantitative estimate of drug-likeness (QED) is 0.202. The molecule has 0 aliphatic heterocycles. The van der Waals surface area contributed by atoms with Crippen LogP contribution in [0.3, 0.4) is 0 Å². The van der Waals surface area contributed by atoms with Crippen LogP contribution in [-0.4, -0.2) is 0 Å². The lowest BCUT2D eigenvalue weighted by atomic mass is 9.98. The Bertz CT molecular complexity index is 1280. The molecule has 0 spiro atoms. The average molecular weight is 653 g/mol. The first kappa shape index (κ1) is 47.0. The number of benzene rings is 3. The molecule has 0 nitrogen and oxygen atoms in total. The maximum Gasteiger partial charge on any atom is -0.0216 e. The predicted octanol–water partition coefficient (Wildman–Crippen LogP) is 15.6. The molecule has 4 rings (SSSR count). The van der Waals surface area contributed by atoms with Crippen molar-refractivity contribution in [1.82, 2.24) is 0 Å². The van der Waals surface area contributed by atoms with Crippen LogP contribution >= 0.6 is 0 Å². The maximum atomic E-state index is 3.87. The van der Waals surface area contributed by atoms with Gasteiger partial charge in [-0.3, -0.25) is 0 Å². The molecule has 3 aromatic carbocycles. The Hall–Kier alpha value is -3.12. The fourth-order valence-electron chi connectivity index (χ4n) is 5.39. The van der Waals surface area contributed by atoms with Crippen molar-refractivity contribution in [3.8, 4) is 0 Å². The van der Waals surface area contributed by atoms with Gasteiger partial charge in [-0.05, 0) is 112 Å². The van der Waals surface area contributed by atoms with Crippen LogP contribution in [0.25, 0.3) is 0 Å². The molecule has 1 aliphatic carbocycles. The largest absolute Gasteiger partial charge is 0.0999 e. The van der Waals surface area contributed by atoms with Gasteiger partial charge in [-0.1, -0.05) is 189 Å². The second-order valence-corrected chi connectivity index (χ2v) is 12.8. The Morgan fingerprint density at radius 2 is 1.33 bits per heavy atom. The van der Waals surface area contributed by atoms with Crippen LogP contribution in [-0.2, 0) is 19.3 Å². The molecule has 0 saturated heterocycles. The van der Waals surface area contributed by atoms with Crippen molar-refractivity contribution in [2.75, 3.05) is 0 Å². The van der Waals surface area contributed by atoms with Crippen LogP contribution in [0.4, 0.5) is 0 Å². The van der Waals surface area contributed by atoms with E-state index in [1.165, 1.54) is 82.2 Å². The molecule has 0 fully saturated rings. The Morgan fingerprint density at radius 3 is 1.77 bits per heavy atom. The van der Waals surface area contributed by atoms with Gasteiger partial charge in [0.2, 0.25) is 0 Å². The summed E-state index contributed by atoms with van der Waals surface area (Å²) >= 11 is 0. The molecule has 3 aromatic rings. The highest BCUT2D eigenvalue weighted by Gasteiger charge is 2.02. The minimum absolute atomic E-state index is 0.654. The van der Waals surface area contributed by atoms with Gasteiger partial charge in [-0.2, -0.15) is 0 Å². The summed E-state index contributed by atoms with van der Waals surface area (Å²) in [5, 5.41) is 0. The zero-order valence-corrected chi connectivity index (χ0v) is 34.1. The summed E-state index contributed by atoms with van der Waals surface area (Å²) < 4.78 is 0. The average Bonchev–Trinajstić information content (AvgIpc) is 3.10. The SMILES string of the molecule is C=C(C)C(C)CCC.CC.CC.CCC1=CCCC(C)=C1.CCc1ccccc1CCc1cccc(C)c1.Cc1ccccc1C(C)C. The van der Waals surface area contributed by atoms with Gasteiger partial charge < -0.3 is 0 Å². The first-order chi connectivity index (χ1) is 23.0. The number of hydrogen-bond donors (Lipinski definition) is 0. The lowest BCUT2D eigenvalue weighted by Gasteiger charge is -2.08. The van der Waals surface area contributed by atoms with Crippen molar-refractivity contribution in [3.05, 3.63) is 142 Å². The van der Waals surface area contributed by atoms with E-state index in [1.807, 2.05) is 27.7 Å². The Balaban J connectivity index is 0. The molecule has 0 aromatic heterocycles. The summed E-state index contributed by atoms with van der Waals surface area (Å²) in [7, 11) is 0. The molecule has 0 N–H and O–H groups in total. The molecule has 0 radical (unpaired) electrons. The topological polar surface area (TPSA) is 0 Å². The zero-order chi connectivity index (χ0) is 36.9. The van der Waals surface area contributed by atoms with Gasteiger partial charge in [0.15, 0.2) is 0 Å². The summed E-state index contributed by atoms with van der Waals surface area (Å²) in [6, 6.07) is 26.1. The van der Waals surface area contributed by atoms with Crippen molar-refractivity contribution < 1.29 is 0 Å².